The summed E-state index contributed by atoms with van der Waals surface area (Å²) in [7, 11) is 0. The summed E-state index contributed by atoms with van der Waals surface area (Å²) in [5, 5.41) is 29.4. The second-order valence-corrected chi connectivity index (χ2v) is 2.09. The van der Waals surface area contributed by atoms with E-state index in [0.717, 1.165) is 12.1 Å². The highest BCUT2D eigenvalue weighted by molar-refractivity contribution is 5.58. The lowest BCUT2D eigenvalue weighted by atomic mass is 10.2. The Labute approximate surface area is 71.5 Å². The first-order valence-corrected chi connectivity index (χ1v) is 3.06. The maximum atomic E-state index is 10.2. The number of hydrogen-bond acceptors (Lipinski definition) is 5. The largest absolute Gasteiger partial charge is 0.497 e. The van der Waals surface area contributed by atoms with E-state index >= 15 is 0 Å². The summed E-state index contributed by atoms with van der Waals surface area (Å²) in [4.78, 5) is 18.6. The second-order valence-electron chi connectivity index (χ2n) is 2.09. The van der Waals surface area contributed by atoms with Gasteiger partial charge in [0.15, 0.2) is 0 Å². The fraction of sp³-hybridized carbons (Fsp3) is 0. The van der Waals surface area contributed by atoms with Crippen molar-refractivity contribution in [2.45, 2.75) is 0 Å². The van der Waals surface area contributed by atoms with Crippen LogP contribution in [0.5, 0.6) is 5.75 Å². The van der Waals surface area contributed by atoms with Crippen molar-refractivity contribution in [1.29, 1.82) is 0 Å². The molecule has 13 heavy (non-hydrogen) atoms. The van der Waals surface area contributed by atoms with E-state index in [4.69, 9.17) is 5.11 Å². The number of nitro benzene ring substituents is 2. The van der Waals surface area contributed by atoms with E-state index in [1.807, 2.05) is 0 Å². The maximum absolute atomic E-state index is 10.2. The molecule has 0 fully saturated rings. The molecule has 1 N–H and O–H groups in total. The Hall–Kier alpha value is -2.18. The van der Waals surface area contributed by atoms with Crippen LogP contribution in [-0.2, 0) is 0 Å². The van der Waals surface area contributed by atoms with Crippen LogP contribution in [0.2, 0.25) is 0 Å². The molecule has 0 aliphatic carbocycles. The van der Waals surface area contributed by atoms with Crippen LogP contribution >= 0.6 is 0 Å². The Balaban J connectivity index is 3.35. The van der Waals surface area contributed by atoms with E-state index in [2.05, 4.69) is 6.07 Å². The first kappa shape index (κ1) is 8.91. The number of hydrogen-bond donors (Lipinski definition) is 1. The summed E-state index contributed by atoms with van der Waals surface area (Å²) in [6, 6.07) is 3.92. The van der Waals surface area contributed by atoms with Gasteiger partial charge in [0.1, 0.15) is 0 Å². The van der Waals surface area contributed by atoms with Crippen molar-refractivity contribution in [3.8, 4) is 5.75 Å². The zero-order valence-electron chi connectivity index (χ0n) is 6.13. The van der Waals surface area contributed by atoms with Crippen molar-refractivity contribution in [1.82, 2.24) is 0 Å². The van der Waals surface area contributed by atoms with Gasteiger partial charge in [0.05, 0.1) is 9.85 Å². The van der Waals surface area contributed by atoms with Gasteiger partial charge in [-0.05, 0) is 6.07 Å². The van der Waals surface area contributed by atoms with Gasteiger partial charge in [-0.15, -0.1) is 0 Å². The van der Waals surface area contributed by atoms with Gasteiger partial charge in [-0.3, -0.25) is 20.2 Å². The Kier molecular flexibility index (Phi) is 2.09. The normalized spacial score (nSPS) is 9.54. The van der Waals surface area contributed by atoms with E-state index < -0.39 is 27.0 Å². The third kappa shape index (κ3) is 1.53. The summed E-state index contributed by atoms with van der Waals surface area (Å²) in [6.45, 7) is 0. The predicted octanol–water partition coefficient (Wildman–Crippen LogP) is 1.01. The molecule has 0 aromatic heterocycles. The topological polar surface area (TPSA) is 107 Å². The predicted molar refractivity (Wildman–Crippen MR) is 40.3 cm³/mol. The first-order chi connectivity index (χ1) is 6.04. The highest BCUT2D eigenvalue weighted by Crippen LogP contribution is 2.34. The quantitative estimate of drug-likeness (QED) is 0.543. The standard InChI is InChI=1S/C6H3N2O5/c9-6-4(7(10)11)2-1-3-5(6)8(12)13/h2-3,9H. The Morgan fingerprint density at radius 3 is 1.85 bits per heavy atom. The summed E-state index contributed by atoms with van der Waals surface area (Å²) in [5.41, 5.74) is -1.46. The molecule has 0 bridgehead atoms. The smallest absolute Gasteiger partial charge is 0.318 e. The van der Waals surface area contributed by atoms with Gasteiger partial charge in [0, 0.05) is 12.1 Å². The molecule has 0 aliphatic rings. The number of nitro groups is 2. The number of aromatic hydroxyl groups is 1. The molecule has 0 aliphatic heterocycles. The molecular weight excluding hydrogens is 180 g/mol. The molecular formula is C6H3N2O5. The van der Waals surface area contributed by atoms with Gasteiger partial charge >= 0.3 is 11.4 Å². The fourth-order valence-electron chi connectivity index (χ4n) is 0.746. The number of phenolic OH excluding ortho intramolecular Hbond substituents is 1. The van der Waals surface area contributed by atoms with Gasteiger partial charge in [-0.1, -0.05) is 0 Å². The van der Waals surface area contributed by atoms with Crippen LogP contribution in [0.15, 0.2) is 12.1 Å². The van der Waals surface area contributed by atoms with Crippen LogP contribution in [-0.4, -0.2) is 15.0 Å². The van der Waals surface area contributed by atoms with Gasteiger partial charge in [0.25, 0.3) is 5.75 Å². The first-order valence-electron chi connectivity index (χ1n) is 3.06. The molecule has 1 radical (unpaired) electrons. The van der Waals surface area contributed by atoms with Crippen molar-refractivity contribution < 1.29 is 15.0 Å². The molecule has 1 rings (SSSR count). The second kappa shape index (κ2) is 3.05. The molecule has 1 aromatic rings. The maximum Gasteiger partial charge on any atom is 0.318 e. The minimum Gasteiger partial charge on any atom is -0.497 e. The Morgan fingerprint density at radius 1 is 1.15 bits per heavy atom. The van der Waals surface area contributed by atoms with Crippen molar-refractivity contribution in [3.05, 3.63) is 38.4 Å². The zero-order valence-corrected chi connectivity index (χ0v) is 6.13. The van der Waals surface area contributed by atoms with Gasteiger partial charge in [0.2, 0.25) is 0 Å². The summed E-state index contributed by atoms with van der Waals surface area (Å²) < 4.78 is 0. The number of nitrogens with zero attached hydrogens (tertiary/aromatic N) is 2. The SMILES string of the molecule is O=[N+]([O-])c1c[c]cc([N+](=O)[O-])c1O. The number of benzene rings is 1. The van der Waals surface area contributed by atoms with E-state index in [-0.39, 0.29) is 0 Å². The van der Waals surface area contributed by atoms with Crippen LogP contribution < -0.4 is 0 Å². The molecule has 0 saturated carbocycles. The van der Waals surface area contributed by atoms with Crippen molar-refractivity contribution >= 4 is 11.4 Å². The van der Waals surface area contributed by atoms with Crippen LogP contribution in [0, 0.1) is 26.3 Å². The molecule has 0 atom stereocenters. The molecule has 1 aromatic carbocycles. The average molecular weight is 183 g/mol. The lowest BCUT2D eigenvalue weighted by Gasteiger charge is -1.95. The lowest BCUT2D eigenvalue weighted by Crippen LogP contribution is -1.93. The summed E-state index contributed by atoms with van der Waals surface area (Å²) >= 11 is 0. The number of phenols is 1. The van der Waals surface area contributed by atoms with E-state index in [1.54, 1.807) is 0 Å². The highest BCUT2D eigenvalue weighted by atomic mass is 16.6. The fourth-order valence-corrected chi connectivity index (χ4v) is 0.746. The molecule has 7 nitrogen and oxygen atoms in total. The number of rotatable bonds is 2. The third-order valence-corrected chi connectivity index (χ3v) is 1.32. The molecule has 7 heteroatoms. The molecule has 0 heterocycles. The van der Waals surface area contributed by atoms with E-state index in [0.29, 0.717) is 0 Å². The van der Waals surface area contributed by atoms with E-state index in [9.17, 15) is 20.2 Å². The molecule has 0 amide bonds. The van der Waals surface area contributed by atoms with E-state index in [1.165, 1.54) is 0 Å². The van der Waals surface area contributed by atoms with Crippen LogP contribution in [0.4, 0.5) is 11.4 Å². The van der Waals surface area contributed by atoms with Gasteiger partial charge in [-0.25, -0.2) is 0 Å². The summed E-state index contributed by atoms with van der Waals surface area (Å²) in [6.07, 6.45) is 0. The van der Waals surface area contributed by atoms with Crippen molar-refractivity contribution in [2.24, 2.45) is 0 Å². The van der Waals surface area contributed by atoms with Crippen LogP contribution in [0.1, 0.15) is 0 Å². The van der Waals surface area contributed by atoms with Crippen LogP contribution in [0.25, 0.3) is 0 Å². The monoisotopic (exact) mass is 183 g/mol. The zero-order chi connectivity index (χ0) is 10.0. The average Bonchev–Trinajstić information content (AvgIpc) is 2.03. The molecule has 0 saturated heterocycles. The third-order valence-electron chi connectivity index (χ3n) is 1.32. The Morgan fingerprint density at radius 2 is 1.54 bits per heavy atom. The van der Waals surface area contributed by atoms with Crippen LogP contribution in [0.3, 0.4) is 0 Å². The Bertz CT molecular complexity index is 343. The lowest BCUT2D eigenvalue weighted by molar-refractivity contribution is -0.396. The minimum atomic E-state index is -0.950. The highest BCUT2D eigenvalue weighted by Gasteiger charge is 2.23. The van der Waals surface area contributed by atoms with Crippen molar-refractivity contribution in [3.63, 3.8) is 0 Å². The molecule has 0 unspecified atom stereocenters. The van der Waals surface area contributed by atoms with Crippen molar-refractivity contribution in [2.75, 3.05) is 0 Å². The van der Waals surface area contributed by atoms with Gasteiger partial charge < -0.3 is 5.11 Å². The minimum absolute atomic E-state index is 0.728. The molecule has 0 spiro atoms. The molecule has 67 valence electrons. The summed E-state index contributed by atoms with van der Waals surface area (Å²) in [5.74, 6) is -0.950. The van der Waals surface area contributed by atoms with Gasteiger partial charge in [-0.2, -0.15) is 0 Å².